The minimum atomic E-state index is 0.341. The molecule has 0 unspecified atom stereocenters. The van der Waals surface area contributed by atoms with Crippen LogP contribution in [-0.2, 0) is 12.8 Å². The van der Waals surface area contributed by atoms with E-state index in [1.54, 1.807) is 0 Å². The van der Waals surface area contributed by atoms with Crippen molar-refractivity contribution >= 4 is 0 Å². The molecule has 0 saturated carbocycles. The summed E-state index contributed by atoms with van der Waals surface area (Å²) in [5, 5.41) is 3.48. The summed E-state index contributed by atoms with van der Waals surface area (Å²) in [5.41, 5.74) is 2.66. The van der Waals surface area contributed by atoms with E-state index in [4.69, 9.17) is 9.47 Å². The molecule has 3 nitrogen and oxygen atoms in total. The molecule has 0 spiro atoms. The largest absolute Gasteiger partial charge is 0.454 e. The van der Waals surface area contributed by atoms with Crippen LogP contribution in [0.15, 0.2) is 48.5 Å². The predicted molar refractivity (Wildman–Crippen MR) is 79.3 cm³/mol. The standard InChI is InChI=1S/C17H19NO2/c1-2-4-14(5-3-1)8-10-18-11-9-15-6-7-16-17(12-15)20-13-19-16/h1-7,12,18H,8-11,13H2. The first-order chi connectivity index (χ1) is 9.92. The highest BCUT2D eigenvalue weighted by atomic mass is 16.7. The summed E-state index contributed by atoms with van der Waals surface area (Å²) in [6.07, 6.45) is 2.08. The zero-order valence-corrected chi connectivity index (χ0v) is 11.5. The lowest BCUT2D eigenvalue weighted by Crippen LogP contribution is -2.20. The lowest BCUT2D eigenvalue weighted by Gasteiger charge is -2.06. The maximum Gasteiger partial charge on any atom is 0.231 e. The Morgan fingerprint density at radius 3 is 2.40 bits per heavy atom. The molecule has 2 aromatic carbocycles. The van der Waals surface area contributed by atoms with E-state index < -0.39 is 0 Å². The fourth-order valence-electron chi connectivity index (χ4n) is 2.33. The van der Waals surface area contributed by atoms with Crippen molar-refractivity contribution in [3.05, 3.63) is 59.7 Å². The van der Waals surface area contributed by atoms with Gasteiger partial charge in [-0.15, -0.1) is 0 Å². The van der Waals surface area contributed by atoms with Crippen LogP contribution in [0.2, 0.25) is 0 Å². The zero-order valence-electron chi connectivity index (χ0n) is 11.5. The molecule has 0 aromatic heterocycles. The van der Waals surface area contributed by atoms with Gasteiger partial charge in [0.05, 0.1) is 0 Å². The topological polar surface area (TPSA) is 30.5 Å². The van der Waals surface area contributed by atoms with Gasteiger partial charge in [-0.05, 0) is 49.2 Å². The second-order valence-corrected chi connectivity index (χ2v) is 4.92. The third kappa shape index (κ3) is 3.31. The summed E-state index contributed by atoms with van der Waals surface area (Å²) < 4.78 is 10.7. The van der Waals surface area contributed by atoms with E-state index in [0.717, 1.165) is 37.4 Å². The third-order valence-electron chi connectivity index (χ3n) is 3.46. The van der Waals surface area contributed by atoms with Crippen LogP contribution in [0, 0.1) is 0 Å². The lowest BCUT2D eigenvalue weighted by molar-refractivity contribution is 0.174. The van der Waals surface area contributed by atoms with Crippen molar-refractivity contribution in [1.82, 2.24) is 5.32 Å². The molecule has 0 aliphatic carbocycles. The molecule has 1 heterocycles. The van der Waals surface area contributed by atoms with Crippen LogP contribution in [0.5, 0.6) is 11.5 Å². The van der Waals surface area contributed by atoms with E-state index in [9.17, 15) is 0 Å². The highest BCUT2D eigenvalue weighted by molar-refractivity contribution is 5.44. The Labute approximate surface area is 119 Å². The van der Waals surface area contributed by atoms with E-state index in [-0.39, 0.29) is 0 Å². The molecule has 0 atom stereocenters. The Balaban J connectivity index is 1.40. The SMILES string of the molecule is c1ccc(CCNCCc2ccc3c(c2)OCO3)cc1. The van der Waals surface area contributed by atoms with Crippen LogP contribution >= 0.6 is 0 Å². The molecule has 0 radical (unpaired) electrons. The molecule has 0 amide bonds. The van der Waals surface area contributed by atoms with Crippen molar-refractivity contribution in [1.29, 1.82) is 0 Å². The Kier molecular flexibility index (Phi) is 4.19. The minimum absolute atomic E-state index is 0.341. The predicted octanol–water partition coefficient (Wildman–Crippen LogP) is 2.79. The van der Waals surface area contributed by atoms with Gasteiger partial charge in [-0.3, -0.25) is 0 Å². The number of benzene rings is 2. The van der Waals surface area contributed by atoms with Crippen LogP contribution in [0.25, 0.3) is 0 Å². The molecule has 0 fully saturated rings. The van der Waals surface area contributed by atoms with Crippen molar-refractivity contribution in [2.75, 3.05) is 19.9 Å². The fourth-order valence-corrected chi connectivity index (χ4v) is 2.33. The van der Waals surface area contributed by atoms with E-state index >= 15 is 0 Å². The maximum atomic E-state index is 5.38. The van der Waals surface area contributed by atoms with Crippen LogP contribution in [-0.4, -0.2) is 19.9 Å². The summed E-state index contributed by atoms with van der Waals surface area (Å²) in [6, 6.07) is 16.7. The number of fused-ring (bicyclic) bond motifs is 1. The molecule has 3 rings (SSSR count). The first-order valence-electron chi connectivity index (χ1n) is 7.05. The van der Waals surface area contributed by atoms with Gasteiger partial charge in [0.2, 0.25) is 6.79 Å². The number of ether oxygens (including phenoxy) is 2. The van der Waals surface area contributed by atoms with Crippen LogP contribution < -0.4 is 14.8 Å². The molecule has 0 bridgehead atoms. The number of hydrogen-bond donors (Lipinski definition) is 1. The van der Waals surface area contributed by atoms with Gasteiger partial charge >= 0.3 is 0 Å². The van der Waals surface area contributed by atoms with Crippen molar-refractivity contribution in [3.63, 3.8) is 0 Å². The summed E-state index contributed by atoms with van der Waals surface area (Å²) in [6.45, 7) is 2.33. The highest BCUT2D eigenvalue weighted by Crippen LogP contribution is 2.32. The van der Waals surface area contributed by atoms with Gasteiger partial charge in [-0.2, -0.15) is 0 Å². The summed E-state index contributed by atoms with van der Waals surface area (Å²) >= 11 is 0. The van der Waals surface area contributed by atoms with Crippen LogP contribution in [0.3, 0.4) is 0 Å². The quantitative estimate of drug-likeness (QED) is 0.818. The number of hydrogen-bond acceptors (Lipinski definition) is 3. The third-order valence-corrected chi connectivity index (χ3v) is 3.46. The summed E-state index contributed by atoms with van der Waals surface area (Å²) in [4.78, 5) is 0. The molecule has 1 aliphatic rings. The first kappa shape index (κ1) is 13.0. The smallest absolute Gasteiger partial charge is 0.231 e. The Hall–Kier alpha value is -2.00. The maximum absolute atomic E-state index is 5.38. The molecule has 104 valence electrons. The Morgan fingerprint density at radius 1 is 0.800 bits per heavy atom. The van der Waals surface area contributed by atoms with Crippen molar-refractivity contribution < 1.29 is 9.47 Å². The number of rotatable bonds is 6. The molecule has 3 heteroatoms. The van der Waals surface area contributed by atoms with Gasteiger partial charge in [0.1, 0.15) is 0 Å². The van der Waals surface area contributed by atoms with Crippen molar-refractivity contribution in [2.45, 2.75) is 12.8 Å². The monoisotopic (exact) mass is 269 g/mol. The lowest BCUT2D eigenvalue weighted by atomic mass is 10.1. The van der Waals surface area contributed by atoms with Gasteiger partial charge in [0, 0.05) is 0 Å². The molecule has 1 aliphatic heterocycles. The van der Waals surface area contributed by atoms with Crippen LogP contribution in [0.4, 0.5) is 0 Å². The van der Waals surface area contributed by atoms with Gasteiger partial charge in [-0.1, -0.05) is 36.4 Å². The first-order valence-corrected chi connectivity index (χ1v) is 7.05. The Morgan fingerprint density at radius 2 is 1.55 bits per heavy atom. The average Bonchev–Trinajstić information content (AvgIpc) is 2.95. The second-order valence-electron chi connectivity index (χ2n) is 4.92. The average molecular weight is 269 g/mol. The molecular weight excluding hydrogens is 250 g/mol. The molecule has 2 aromatic rings. The Bertz CT molecular complexity index is 554. The van der Waals surface area contributed by atoms with Crippen LogP contribution in [0.1, 0.15) is 11.1 Å². The zero-order chi connectivity index (χ0) is 13.6. The molecular formula is C17H19NO2. The highest BCUT2D eigenvalue weighted by Gasteiger charge is 2.12. The normalized spacial score (nSPS) is 12.6. The van der Waals surface area contributed by atoms with Gasteiger partial charge in [0.15, 0.2) is 11.5 Å². The van der Waals surface area contributed by atoms with Crippen molar-refractivity contribution in [2.24, 2.45) is 0 Å². The van der Waals surface area contributed by atoms with Gasteiger partial charge in [-0.25, -0.2) is 0 Å². The van der Waals surface area contributed by atoms with Gasteiger partial charge in [0.25, 0.3) is 0 Å². The van der Waals surface area contributed by atoms with Crippen molar-refractivity contribution in [3.8, 4) is 11.5 Å². The molecule has 1 N–H and O–H groups in total. The number of nitrogens with one attached hydrogen (secondary N) is 1. The molecule has 20 heavy (non-hydrogen) atoms. The summed E-state index contributed by atoms with van der Waals surface area (Å²) in [7, 11) is 0. The van der Waals surface area contributed by atoms with E-state index in [2.05, 4.69) is 47.8 Å². The second kappa shape index (κ2) is 6.44. The minimum Gasteiger partial charge on any atom is -0.454 e. The fraction of sp³-hybridized carbons (Fsp3) is 0.294. The van der Waals surface area contributed by atoms with E-state index in [0.29, 0.717) is 6.79 Å². The van der Waals surface area contributed by atoms with E-state index in [1.807, 2.05) is 6.07 Å². The van der Waals surface area contributed by atoms with E-state index in [1.165, 1.54) is 11.1 Å². The molecule has 0 saturated heterocycles. The summed E-state index contributed by atoms with van der Waals surface area (Å²) in [5.74, 6) is 1.72. The van der Waals surface area contributed by atoms with Gasteiger partial charge < -0.3 is 14.8 Å².